The van der Waals surface area contributed by atoms with Crippen molar-refractivity contribution in [1.29, 1.82) is 0 Å². The predicted molar refractivity (Wildman–Crippen MR) is 110 cm³/mol. The van der Waals surface area contributed by atoms with Gasteiger partial charge in [0.1, 0.15) is 17.2 Å². The van der Waals surface area contributed by atoms with Crippen LogP contribution >= 0.6 is 0 Å². The SMILES string of the molecule is COc1cc(C(=O)c2nc(-c3cnccc3OC)c3cc(C(=O)[O-])ccn23)ccc1N.[Na+]. The van der Waals surface area contributed by atoms with Gasteiger partial charge in [0, 0.05) is 29.7 Å². The number of methoxy groups -OCH3 is 2. The van der Waals surface area contributed by atoms with Crippen molar-refractivity contribution in [3.8, 4) is 22.8 Å². The minimum absolute atomic E-state index is 0. The number of hydrogen-bond acceptors (Lipinski definition) is 8. The summed E-state index contributed by atoms with van der Waals surface area (Å²) in [5.74, 6) is -0.831. The molecule has 1 aromatic carbocycles. The Balaban J connectivity index is 0.00000289. The van der Waals surface area contributed by atoms with E-state index in [0.717, 1.165) is 0 Å². The van der Waals surface area contributed by atoms with Gasteiger partial charge in [0.05, 0.1) is 37.0 Å². The number of nitrogens with two attached hydrogens (primary N) is 1. The Hall–Kier alpha value is -3.40. The van der Waals surface area contributed by atoms with E-state index >= 15 is 0 Å². The number of imidazole rings is 1. The number of aromatic nitrogens is 3. The fourth-order valence-corrected chi connectivity index (χ4v) is 3.29. The first kappa shape index (κ1) is 23.3. The smallest absolute Gasteiger partial charge is 0.545 e. The molecule has 156 valence electrons. The van der Waals surface area contributed by atoms with Crippen molar-refractivity contribution in [2.75, 3.05) is 20.0 Å². The van der Waals surface area contributed by atoms with Gasteiger partial charge in [0.15, 0.2) is 5.82 Å². The van der Waals surface area contributed by atoms with Crippen LogP contribution in [0, 0.1) is 0 Å². The summed E-state index contributed by atoms with van der Waals surface area (Å²) in [5.41, 5.74) is 7.74. The van der Waals surface area contributed by atoms with E-state index in [1.54, 1.807) is 24.4 Å². The number of ketones is 1. The molecule has 0 radical (unpaired) electrons. The number of fused-ring (bicyclic) bond motifs is 1. The summed E-state index contributed by atoms with van der Waals surface area (Å²) >= 11 is 0. The molecule has 0 saturated carbocycles. The molecule has 32 heavy (non-hydrogen) atoms. The quantitative estimate of drug-likeness (QED) is 0.220. The standard InChI is InChI=1S/C22H18N4O5.Na/c1-30-17-5-7-24-11-14(17)19-16-9-13(22(28)29)6-8-26(16)21(25-19)20(27)12-3-4-15(23)18(10-12)31-2;/h3-11H,23H2,1-2H3,(H,28,29);/q;+1/p-1. The van der Waals surface area contributed by atoms with Gasteiger partial charge in [0.2, 0.25) is 5.78 Å². The third kappa shape index (κ3) is 4.05. The molecule has 0 aliphatic heterocycles. The number of carbonyl (C=O) groups is 2. The molecule has 9 nitrogen and oxygen atoms in total. The van der Waals surface area contributed by atoms with Crippen molar-refractivity contribution in [3.63, 3.8) is 0 Å². The Morgan fingerprint density at radius 2 is 1.78 bits per heavy atom. The second-order valence-corrected chi connectivity index (χ2v) is 6.60. The van der Waals surface area contributed by atoms with Crippen molar-refractivity contribution in [1.82, 2.24) is 14.4 Å². The van der Waals surface area contributed by atoms with Crippen molar-refractivity contribution in [2.45, 2.75) is 0 Å². The molecule has 4 aromatic rings. The number of anilines is 1. The molecule has 0 unspecified atom stereocenters. The number of carbonyl (C=O) groups excluding carboxylic acids is 2. The summed E-state index contributed by atoms with van der Waals surface area (Å²) in [7, 11) is 2.95. The second-order valence-electron chi connectivity index (χ2n) is 6.60. The van der Waals surface area contributed by atoms with Gasteiger partial charge in [-0.25, -0.2) is 4.98 Å². The van der Waals surface area contributed by atoms with Gasteiger partial charge in [-0.15, -0.1) is 0 Å². The molecule has 0 amide bonds. The van der Waals surface area contributed by atoms with E-state index in [4.69, 9.17) is 15.2 Å². The van der Waals surface area contributed by atoms with E-state index in [9.17, 15) is 14.7 Å². The van der Waals surface area contributed by atoms with Crippen LogP contribution in [-0.4, -0.2) is 40.3 Å². The molecule has 0 atom stereocenters. The van der Waals surface area contributed by atoms with E-state index in [2.05, 4.69) is 9.97 Å². The number of benzene rings is 1. The number of nitrogens with zero attached hydrogens (tertiary/aromatic N) is 3. The maximum Gasteiger partial charge on any atom is 1.00 e. The van der Waals surface area contributed by atoms with Crippen molar-refractivity contribution >= 4 is 23.0 Å². The van der Waals surface area contributed by atoms with Gasteiger partial charge in [-0.2, -0.15) is 0 Å². The third-order valence-corrected chi connectivity index (χ3v) is 4.83. The Kier molecular flexibility index (Phi) is 6.83. The van der Waals surface area contributed by atoms with E-state index in [-0.39, 0.29) is 40.9 Å². The van der Waals surface area contributed by atoms with E-state index in [1.165, 1.54) is 49.2 Å². The summed E-state index contributed by atoms with van der Waals surface area (Å²) in [5, 5.41) is 11.4. The number of ether oxygens (including phenoxy) is 2. The van der Waals surface area contributed by atoms with Gasteiger partial charge in [-0.3, -0.25) is 14.2 Å². The summed E-state index contributed by atoms with van der Waals surface area (Å²) < 4.78 is 12.1. The fraction of sp³-hybridized carbons (Fsp3) is 0.0909. The zero-order valence-corrected chi connectivity index (χ0v) is 19.7. The van der Waals surface area contributed by atoms with E-state index < -0.39 is 11.8 Å². The van der Waals surface area contributed by atoms with E-state index in [1.807, 2.05) is 0 Å². The van der Waals surface area contributed by atoms with Gasteiger partial charge < -0.3 is 25.1 Å². The topological polar surface area (TPSA) is 132 Å². The summed E-state index contributed by atoms with van der Waals surface area (Å²) in [6, 6.07) is 9.05. The number of carboxylic acids is 1. The molecule has 0 spiro atoms. The molecular weight excluding hydrogens is 423 g/mol. The number of hydrogen-bond donors (Lipinski definition) is 1. The number of carboxylic acid groups (broad SMARTS) is 1. The average Bonchev–Trinajstić information content (AvgIpc) is 3.17. The number of rotatable bonds is 6. The van der Waals surface area contributed by atoms with Gasteiger partial charge in [0.25, 0.3) is 0 Å². The third-order valence-electron chi connectivity index (χ3n) is 4.83. The van der Waals surface area contributed by atoms with Crippen LogP contribution in [-0.2, 0) is 0 Å². The number of nitrogen functional groups attached to an aromatic ring is 1. The summed E-state index contributed by atoms with van der Waals surface area (Å²) in [4.78, 5) is 33.3. The Labute approximate surface area is 205 Å². The van der Waals surface area contributed by atoms with Crippen LogP contribution in [0.1, 0.15) is 26.5 Å². The van der Waals surface area contributed by atoms with Crippen molar-refractivity contribution < 1.29 is 53.7 Å². The molecule has 3 aromatic heterocycles. The van der Waals surface area contributed by atoms with Crippen molar-refractivity contribution in [3.05, 3.63) is 71.9 Å². The maximum atomic E-state index is 13.3. The molecular formula is C22H17N4NaO5. The molecule has 4 rings (SSSR count). The largest absolute Gasteiger partial charge is 1.00 e. The molecule has 0 aliphatic rings. The second kappa shape index (κ2) is 9.39. The monoisotopic (exact) mass is 440 g/mol. The first-order chi connectivity index (χ1) is 14.9. The minimum Gasteiger partial charge on any atom is -0.545 e. The Morgan fingerprint density at radius 1 is 1.03 bits per heavy atom. The molecule has 0 fully saturated rings. The van der Waals surface area contributed by atoms with Crippen LogP contribution in [0.5, 0.6) is 11.5 Å². The average molecular weight is 440 g/mol. The number of pyridine rings is 2. The van der Waals surface area contributed by atoms with Crippen LogP contribution in [0.4, 0.5) is 5.69 Å². The molecule has 0 bridgehead atoms. The van der Waals surface area contributed by atoms with Gasteiger partial charge >= 0.3 is 29.6 Å². The number of aromatic carboxylic acids is 1. The molecule has 2 N–H and O–H groups in total. The summed E-state index contributed by atoms with van der Waals surface area (Å²) in [6.07, 6.45) is 4.55. The van der Waals surface area contributed by atoms with Crippen LogP contribution in [0.15, 0.2) is 55.0 Å². The molecule has 3 heterocycles. The van der Waals surface area contributed by atoms with Crippen LogP contribution in [0.3, 0.4) is 0 Å². The van der Waals surface area contributed by atoms with Crippen LogP contribution in [0.2, 0.25) is 0 Å². The maximum absolute atomic E-state index is 13.3. The van der Waals surface area contributed by atoms with Crippen LogP contribution < -0.4 is 49.9 Å². The first-order valence-electron chi connectivity index (χ1n) is 9.14. The Bertz CT molecular complexity index is 1340. The minimum atomic E-state index is -1.34. The normalized spacial score (nSPS) is 10.4. The van der Waals surface area contributed by atoms with Crippen LogP contribution in [0.25, 0.3) is 16.8 Å². The van der Waals surface area contributed by atoms with E-state index in [0.29, 0.717) is 39.5 Å². The Morgan fingerprint density at radius 3 is 2.47 bits per heavy atom. The molecule has 10 heteroatoms. The predicted octanol–water partition coefficient (Wildman–Crippen LogP) is -1.41. The summed E-state index contributed by atoms with van der Waals surface area (Å²) in [6.45, 7) is 0. The fourth-order valence-electron chi connectivity index (χ4n) is 3.29. The molecule has 0 saturated heterocycles. The molecule has 0 aliphatic carbocycles. The zero-order valence-electron chi connectivity index (χ0n) is 17.7. The van der Waals surface area contributed by atoms with Crippen molar-refractivity contribution in [2.24, 2.45) is 0 Å². The zero-order chi connectivity index (χ0) is 22.1. The first-order valence-corrected chi connectivity index (χ1v) is 9.14. The van der Waals surface area contributed by atoms with Gasteiger partial charge in [-0.1, -0.05) is 0 Å². The van der Waals surface area contributed by atoms with Gasteiger partial charge in [-0.05, 0) is 36.4 Å².